The fourth-order valence-corrected chi connectivity index (χ4v) is 3.21. The Bertz CT molecular complexity index is 820. The number of carbonyl (C=O) groups excluding carboxylic acids is 2. The van der Waals surface area contributed by atoms with E-state index in [0.29, 0.717) is 28.0 Å². The quantitative estimate of drug-likeness (QED) is 0.873. The molecule has 0 aliphatic carbocycles. The molecule has 3 rings (SSSR count). The molecule has 6 heteroatoms. The third kappa shape index (κ3) is 3.14. The first-order valence-corrected chi connectivity index (χ1v) is 8.35. The number of halogens is 1. The minimum atomic E-state index is -0.243. The molecule has 2 aromatic rings. The lowest BCUT2D eigenvalue weighted by Crippen LogP contribution is -2.25. The number of hydrogen-bond donors (Lipinski definition) is 1. The highest BCUT2D eigenvalue weighted by Crippen LogP contribution is 2.31. The van der Waals surface area contributed by atoms with Gasteiger partial charge >= 0.3 is 0 Å². The smallest absolute Gasteiger partial charge is 0.256 e. The van der Waals surface area contributed by atoms with Crippen molar-refractivity contribution in [1.82, 2.24) is 0 Å². The zero-order chi connectivity index (χ0) is 17.3. The Balaban J connectivity index is 1.86. The van der Waals surface area contributed by atoms with Gasteiger partial charge in [0.1, 0.15) is 5.75 Å². The van der Waals surface area contributed by atoms with Gasteiger partial charge in [0.05, 0.1) is 12.7 Å². The Morgan fingerprint density at radius 1 is 1.21 bits per heavy atom. The number of nitrogens with one attached hydrogen (secondary N) is 1. The summed E-state index contributed by atoms with van der Waals surface area (Å²) in [5.41, 5.74) is 3.12. The first-order valence-electron chi connectivity index (χ1n) is 7.55. The number of hydrogen-bond acceptors (Lipinski definition) is 3. The minimum absolute atomic E-state index is 0.00719. The predicted octanol–water partition coefficient (Wildman–Crippen LogP) is 3.62. The molecule has 0 unspecified atom stereocenters. The van der Waals surface area contributed by atoms with E-state index in [1.165, 1.54) is 0 Å². The fourth-order valence-electron chi connectivity index (χ4n) is 2.79. The molecule has 0 bridgehead atoms. The van der Waals surface area contributed by atoms with Crippen LogP contribution in [0, 0.1) is 0 Å². The average molecular weight is 389 g/mol. The van der Waals surface area contributed by atoms with Gasteiger partial charge in [0.15, 0.2) is 0 Å². The van der Waals surface area contributed by atoms with E-state index in [0.717, 1.165) is 17.7 Å². The van der Waals surface area contributed by atoms with Gasteiger partial charge < -0.3 is 15.0 Å². The van der Waals surface area contributed by atoms with Crippen LogP contribution < -0.4 is 15.0 Å². The van der Waals surface area contributed by atoms with Gasteiger partial charge in [-0.3, -0.25) is 9.59 Å². The number of fused-ring (bicyclic) bond motifs is 1. The summed E-state index contributed by atoms with van der Waals surface area (Å²) >= 11 is 3.38. The molecule has 1 heterocycles. The summed E-state index contributed by atoms with van der Waals surface area (Å²) in [5.74, 6) is 0.376. The molecule has 124 valence electrons. The van der Waals surface area contributed by atoms with Crippen molar-refractivity contribution >= 4 is 39.1 Å². The number of anilines is 2. The Morgan fingerprint density at radius 3 is 2.71 bits per heavy atom. The van der Waals surface area contributed by atoms with Gasteiger partial charge in [-0.25, -0.2) is 0 Å². The zero-order valence-electron chi connectivity index (χ0n) is 13.4. The van der Waals surface area contributed by atoms with Crippen LogP contribution in [0.5, 0.6) is 5.75 Å². The molecule has 0 spiro atoms. The predicted molar refractivity (Wildman–Crippen MR) is 96.8 cm³/mol. The second kappa shape index (κ2) is 6.65. The van der Waals surface area contributed by atoms with E-state index in [1.54, 1.807) is 37.1 Å². The third-order valence-electron chi connectivity index (χ3n) is 4.04. The SMILES string of the molecule is COc1ccc(Br)c(C(=O)Nc2ccc3c(c2)N(C(C)=O)CC3)c1. The molecule has 1 aliphatic rings. The first-order chi connectivity index (χ1) is 11.5. The van der Waals surface area contributed by atoms with Gasteiger partial charge in [0.25, 0.3) is 5.91 Å². The van der Waals surface area contributed by atoms with Crippen molar-refractivity contribution in [3.8, 4) is 5.75 Å². The number of amides is 2. The van der Waals surface area contributed by atoms with E-state index < -0.39 is 0 Å². The number of nitrogens with zero attached hydrogens (tertiary/aromatic N) is 1. The van der Waals surface area contributed by atoms with Crippen LogP contribution in [0.2, 0.25) is 0 Å². The highest BCUT2D eigenvalue weighted by Gasteiger charge is 2.22. The van der Waals surface area contributed by atoms with Crippen LogP contribution in [0.4, 0.5) is 11.4 Å². The largest absolute Gasteiger partial charge is 0.497 e. The van der Waals surface area contributed by atoms with Crippen molar-refractivity contribution < 1.29 is 14.3 Å². The lowest BCUT2D eigenvalue weighted by Gasteiger charge is -2.16. The molecule has 1 N–H and O–H groups in total. The Morgan fingerprint density at radius 2 is 2.00 bits per heavy atom. The monoisotopic (exact) mass is 388 g/mol. The van der Waals surface area contributed by atoms with Crippen molar-refractivity contribution in [3.63, 3.8) is 0 Å². The van der Waals surface area contributed by atoms with E-state index in [-0.39, 0.29) is 11.8 Å². The van der Waals surface area contributed by atoms with Gasteiger partial charge in [-0.05, 0) is 58.2 Å². The number of carbonyl (C=O) groups is 2. The van der Waals surface area contributed by atoms with Crippen molar-refractivity contribution in [2.24, 2.45) is 0 Å². The first kappa shape index (κ1) is 16.5. The standard InChI is InChI=1S/C18H17BrN2O3/c1-11(22)21-8-7-12-3-4-13(9-17(12)21)20-18(23)15-10-14(24-2)5-6-16(15)19/h3-6,9-10H,7-8H2,1-2H3,(H,20,23). The fraction of sp³-hybridized carbons (Fsp3) is 0.222. The maximum Gasteiger partial charge on any atom is 0.256 e. The maximum atomic E-state index is 12.5. The molecule has 0 aromatic heterocycles. The van der Waals surface area contributed by atoms with E-state index in [2.05, 4.69) is 21.2 Å². The van der Waals surface area contributed by atoms with Crippen LogP contribution in [0.25, 0.3) is 0 Å². The van der Waals surface area contributed by atoms with Gasteiger partial charge in [0.2, 0.25) is 5.91 Å². The molecule has 0 radical (unpaired) electrons. The van der Waals surface area contributed by atoms with Crippen molar-refractivity contribution in [2.45, 2.75) is 13.3 Å². The van der Waals surface area contributed by atoms with Crippen molar-refractivity contribution in [3.05, 3.63) is 52.0 Å². The molecule has 0 saturated heterocycles. The highest BCUT2D eigenvalue weighted by atomic mass is 79.9. The molecule has 2 amide bonds. The summed E-state index contributed by atoms with van der Waals surface area (Å²) in [6.07, 6.45) is 0.838. The number of methoxy groups -OCH3 is 1. The van der Waals surface area contributed by atoms with Crippen LogP contribution in [0.15, 0.2) is 40.9 Å². The van der Waals surface area contributed by atoms with Gasteiger partial charge in [-0.1, -0.05) is 6.07 Å². The number of benzene rings is 2. The summed E-state index contributed by atoms with van der Waals surface area (Å²) in [5, 5.41) is 2.88. The molecule has 0 saturated carbocycles. The molecular formula is C18H17BrN2O3. The molecule has 24 heavy (non-hydrogen) atoms. The number of rotatable bonds is 3. The average Bonchev–Trinajstić information content (AvgIpc) is 2.98. The molecular weight excluding hydrogens is 372 g/mol. The Labute approximate surface area is 148 Å². The van der Waals surface area contributed by atoms with E-state index in [1.807, 2.05) is 18.2 Å². The third-order valence-corrected chi connectivity index (χ3v) is 4.73. The minimum Gasteiger partial charge on any atom is -0.497 e. The molecule has 0 atom stereocenters. The van der Waals surface area contributed by atoms with E-state index >= 15 is 0 Å². The summed E-state index contributed by atoms with van der Waals surface area (Å²) in [4.78, 5) is 26.0. The van der Waals surface area contributed by atoms with Crippen LogP contribution in [-0.2, 0) is 11.2 Å². The molecule has 0 fully saturated rings. The van der Waals surface area contributed by atoms with Crippen LogP contribution in [0.1, 0.15) is 22.8 Å². The summed E-state index contributed by atoms with van der Waals surface area (Å²) in [6.45, 7) is 2.23. The molecule has 2 aromatic carbocycles. The zero-order valence-corrected chi connectivity index (χ0v) is 15.0. The van der Waals surface area contributed by atoms with Gasteiger partial charge in [-0.15, -0.1) is 0 Å². The highest BCUT2D eigenvalue weighted by molar-refractivity contribution is 9.10. The normalized spacial score (nSPS) is 12.7. The molecule has 5 nitrogen and oxygen atoms in total. The van der Waals surface area contributed by atoms with Crippen molar-refractivity contribution in [2.75, 3.05) is 23.9 Å². The van der Waals surface area contributed by atoms with E-state index in [9.17, 15) is 9.59 Å². The lowest BCUT2D eigenvalue weighted by molar-refractivity contribution is -0.116. The topological polar surface area (TPSA) is 58.6 Å². The number of ether oxygens (including phenoxy) is 1. The van der Waals surface area contributed by atoms with Gasteiger partial charge in [0, 0.05) is 29.3 Å². The summed E-state index contributed by atoms with van der Waals surface area (Å²) in [6, 6.07) is 10.9. The van der Waals surface area contributed by atoms with Crippen LogP contribution in [0.3, 0.4) is 0 Å². The van der Waals surface area contributed by atoms with Crippen LogP contribution >= 0.6 is 15.9 Å². The van der Waals surface area contributed by atoms with E-state index in [4.69, 9.17) is 4.74 Å². The molecule has 1 aliphatic heterocycles. The summed E-state index contributed by atoms with van der Waals surface area (Å²) in [7, 11) is 1.56. The Kier molecular flexibility index (Phi) is 4.57. The lowest BCUT2D eigenvalue weighted by atomic mass is 10.1. The van der Waals surface area contributed by atoms with Crippen molar-refractivity contribution in [1.29, 1.82) is 0 Å². The second-order valence-corrected chi connectivity index (χ2v) is 6.42. The van der Waals surface area contributed by atoms with Gasteiger partial charge in [-0.2, -0.15) is 0 Å². The van der Waals surface area contributed by atoms with Crippen LogP contribution in [-0.4, -0.2) is 25.5 Å². The second-order valence-electron chi connectivity index (χ2n) is 5.56. The summed E-state index contributed by atoms with van der Waals surface area (Å²) < 4.78 is 5.85. The Hall–Kier alpha value is -2.34. The maximum absolute atomic E-state index is 12.5.